The van der Waals surface area contributed by atoms with Crippen LogP contribution in [0.3, 0.4) is 0 Å². The quantitative estimate of drug-likeness (QED) is 0.826. The van der Waals surface area contributed by atoms with Crippen LogP contribution in [0.15, 0.2) is 24.3 Å². The molecule has 0 aromatic heterocycles. The van der Waals surface area contributed by atoms with Gasteiger partial charge in [0.25, 0.3) is 0 Å². The van der Waals surface area contributed by atoms with Gasteiger partial charge in [0, 0.05) is 25.0 Å². The number of hydrogen-bond acceptors (Lipinski definition) is 2. The van der Waals surface area contributed by atoms with Crippen LogP contribution in [0, 0.1) is 12.3 Å². The Morgan fingerprint density at radius 3 is 2.94 bits per heavy atom. The number of hydrogen-bond donors (Lipinski definition) is 1. The van der Waals surface area contributed by atoms with E-state index in [-0.39, 0.29) is 12.3 Å². The van der Waals surface area contributed by atoms with Crippen molar-refractivity contribution in [3.8, 4) is 12.3 Å². The van der Waals surface area contributed by atoms with Crippen molar-refractivity contribution in [3.63, 3.8) is 0 Å². The number of halogens is 1. The number of terminal acetylenes is 1. The molecule has 0 saturated heterocycles. The van der Waals surface area contributed by atoms with Crippen molar-refractivity contribution < 1.29 is 4.79 Å². The Balaban J connectivity index is 2.63. The van der Waals surface area contributed by atoms with E-state index in [9.17, 15) is 4.79 Å². The van der Waals surface area contributed by atoms with E-state index in [2.05, 4.69) is 5.92 Å². The maximum Gasteiger partial charge on any atom is 0.240 e. The zero-order chi connectivity index (χ0) is 12.8. The Morgan fingerprint density at radius 2 is 2.35 bits per heavy atom. The summed E-state index contributed by atoms with van der Waals surface area (Å²) in [7, 11) is 1.69. The van der Waals surface area contributed by atoms with Gasteiger partial charge in [-0.25, -0.2) is 0 Å². The molecule has 1 unspecified atom stereocenters. The first kappa shape index (κ1) is 13.6. The molecule has 0 aliphatic carbocycles. The third-order valence-electron chi connectivity index (χ3n) is 2.34. The molecular formula is C13H15ClN2O. The van der Waals surface area contributed by atoms with Crippen LogP contribution in [-0.4, -0.2) is 23.9 Å². The standard InChI is InChI=1S/C13H15ClN2O/c1-3-5-12(15)13(17)16(2)9-10-6-4-7-11(14)8-10/h1,4,6-8,12H,5,9,15H2,2H3. The second kappa shape index (κ2) is 6.29. The van der Waals surface area contributed by atoms with Crippen molar-refractivity contribution >= 4 is 17.5 Å². The first-order valence-corrected chi connectivity index (χ1v) is 5.61. The van der Waals surface area contributed by atoms with Crippen LogP contribution >= 0.6 is 11.6 Å². The van der Waals surface area contributed by atoms with Crippen molar-refractivity contribution in [1.29, 1.82) is 0 Å². The highest BCUT2D eigenvalue weighted by Gasteiger charge is 2.16. The molecule has 1 rings (SSSR count). The summed E-state index contributed by atoms with van der Waals surface area (Å²) in [4.78, 5) is 13.3. The van der Waals surface area contributed by atoms with E-state index in [0.29, 0.717) is 11.6 Å². The van der Waals surface area contributed by atoms with Crippen molar-refractivity contribution in [1.82, 2.24) is 4.90 Å². The fourth-order valence-corrected chi connectivity index (χ4v) is 1.70. The van der Waals surface area contributed by atoms with Crippen molar-refractivity contribution in [3.05, 3.63) is 34.9 Å². The number of amides is 1. The van der Waals surface area contributed by atoms with Gasteiger partial charge in [0.15, 0.2) is 0 Å². The number of benzene rings is 1. The average molecular weight is 251 g/mol. The number of nitrogens with two attached hydrogens (primary N) is 1. The molecule has 1 aromatic rings. The predicted octanol–water partition coefficient (Wildman–Crippen LogP) is 1.65. The molecule has 0 saturated carbocycles. The minimum Gasteiger partial charge on any atom is -0.340 e. The number of carbonyl (C=O) groups excluding carboxylic acids is 1. The van der Waals surface area contributed by atoms with Gasteiger partial charge in [0.05, 0.1) is 6.04 Å². The summed E-state index contributed by atoms with van der Waals surface area (Å²) < 4.78 is 0. The molecule has 0 bridgehead atoms. The molecule has 0 spiro atoms. The minimum atomic E-state index is -0.635. The van der Waals surface area contributed by atoms with Gasteiger partial charge < -0.3 is 10.6 Å². The molecule has 0 heterocycles. The van der Waals surface area contributed by atoms with Crippen LogP contribution in [0.5, 0.6) is 0 Å². The topological polar surface area (TPSA) is 46.3 Å². The minimum absolute atomic E-state index is 0.164. The van der Waals surface area contributed by atoms with Gasteiger partial charge in [-0.15, -0.1) is 12.3 Å². The molecule has 1 aromatic carbocycles. The zero-order valence-electron chi connectivity index (χ0n) is 9.69. The van der Waals surface area contributed by atoms with Gasteiger partial charge in [-0.1, -0.05) is 23.7 Å². The first-order chi connectivity index (χ1) is 8.04. The van der Waals surface area contributed by atoms with Crippen LogP contribution in [0.4, 0.5) is 0 Å². The van der Waals surface area contributed by atoms with E-state index in [4.69, 9.17) is 23.8 Å². The van der Waals surface area contributed by atoms with E-state index in [1.807, 2.05) is 18.2 Å². The lowest BCUT2D eigenvalue weighted by Gasteiger charge is -2.20. The van der Waals surface area contributed by atoms with E-state index >= 15 is 0 Å². The molecule has 4 heteroatoms. The largest absolute Gasteiger partial charge is 0.340 e. The normalized spacial score (nSPS) is 11.6. The molecular weight excluding hydrogens is 236 g/mol. The van der Waals surface area contributed by atoms with Crippen LogP contribution in [0.1, 0.15) is 12.0 Å². The number of carbonyl (C=O) groups is 1. The number of rotatable bonds is 4. The fraction of sp³-hybridized carbons (Fsp3) is 0.308. The predicted molar refractivity (Wildman–Crippen MR) is 69.4 cm³/mol. The molecule has 0 fully saturated rings. The van der Waals surface area contributed by atoms with Gasteiger partial charge >= 0.3 is 0 Å². The Morgan fingerprint density at radius 1 is 1.65 bits per heavy atom. The Kier molecular flexibility index (Phi) is 5.02. The molecule has 90 valence electrons. The van der Waals surface area contributed by atoms with Crippen molar-refractivity contribution in [2.45, 2.75) is 19.0 Å². The van der Waals surface area contributed by atoms with Gasteiger partial charge in [0.1, 0.15) is 0 Å². The lowest BCUT2D eigenvalue weighted by Crippen LogP contribution is -2.41. The molecule has 1 atom stereocenters. The second-order valence-corrected chi connectivity index (χ2v) is 4.28. The fourth-order valence-electron chi connectivity index (χ4n) is 1.48. The van der Waals surface area contributed by atoms with Gasteiger partial charge in [-0.3, -0.25) is 4.79 Å². The van der Waals surface area contributed by atoms with E-state index in [0.717, 1.165) is 5.56 Å². The summed E-state index contributed by atoms with van der Waals surface area (Å²) in [6.07, 6.45) is 5.37. The Bertz CT molecular complexity index is 439. The van der Waals surface area contributed by atoms with E-state index < -0.39 is 6.04 Å². The average Bonchev–Trinajstić information content (AvgIpc) is 2.28. The zero-order valence-corrected chi connectivity index (χ0v) is 10.4. The van der Waals surface area contributed by atoms with Crippen LogP contribution in [-0.2, 0) is 11.3 Å². The number of nitrogens with zero attached hydrogens (tertiary/aromatic N) is 1. The molecule has 0 aliphatic rings. The summed E-state index contributed by atoms with van der Waals surface area (Å²) in [6, 6.07) is 6.72. The van der Waals surface area contributed by atoms with Gasteiger partial charge in [-0.05, 0) is 17.7 Å². The smallest absolute Gasteiger partial charge is 0.240 e. The maximum absolute atomic E-state index is 11.8. The third-order valence-corrected chi connectivity index (χ3v) is 2.58. The van der Waals surface area contributed by atoms with Crippen LogP contribution in [0.2, 0.25) is 5.02 Å². The van der Waals surface area contributed by atoms with Gasteiger partial charge in [0.2, 0.25) is 5.91 Å². The lowest BCUT2D eigenvalue weighted by molar-refractivity contribution is -0.131. The van der Waals surface area contributed by atoms with Crippen LogP contribution < -0.4 is 5.73 Å². The molecule has 1 amide bonds. The molecule has 0 radical (unpaired) electrons. The lowest BCUT2D eigenvalue weighted by atomic mass is 10.1. The summed E-state index contributed by atoms with van der Waals surface area (Å²) >= 11 is 5.87. The Hall–Kier alpha value is -1.50. The second-order valence-electron chi connectivity index (χ2n) is 3.84. The van der Waals surface area contributed by atoms with E-state index in [1.165, 1.54) is 0 Å². The van der Waals surface area contributed by atoms with Crippen LogP contribution in [0.25, 0.3) is 0 Å². The highest BCUT2D eigenvalue weighted by atomic mass is 35.5. The molecule has 17 heavy (non-hydrogen) atoms. The third kappa shape index (κ3) is 4.10. The highest BCUT2D eigenvalue weighted by molar-refractivity contribution is 6.30. The van der Waals surface area contributed by atoms with E-state index in [1.54, 1.807) is 18.0 Å². The number of likely N-dealkylation sites (N-methyl/N-ethyl adjacent to an activating group) is 1. The summed E-state index contributed by atoms with van der Waals surface area (Å²) in [5.74, 6) is 2.22. The molecule has 0 aliphatic heterocycles. The summed E-state index contributed by atoms with van der Waals surface area (Å²) in [6.45, 7) is 0.470. The van der Waals surface area contributed by atoms with Crippen molar-refractivity contribution in [2.24, 2.45) is 5.73 Å². The SMILES string of the molecule is C#CCC(N)C(=O)N(C)Cc1cccc(Cl)c1. The molecule has 2 N–H and O–H groups in total. The highest BCUT2D eigenvalue weighted by Crippen LogP contribution is 2.12. The molecule has 3 nitrogen and oxygen atoms in total. The van der Waals surface area contributed by atoms with Gasteiger partial charge in [-0.2, -0.15) is 0 Å². The van der Waals surface area contributed by atoms with Crippen molar-refractivity contribution in [2.75, 3.05) is 7.05 Å². The summed E-state index contributed by atoms with van der Waals surface area (Å²) in [5, 5.41) is 0.649. The summed E-state index contributed by atoms with van der Waals surface area (Å²) in [5.41, 5.74) is 6.61. The maximum atomic E-state index is 11.8. The first-order valence-electron chi connectivity index (χ1n) is 5.23. The Labute approximate surface area is 107 Å². The monoisotopic (exact) mass is 250 g/mol.